The van der Waals surface area contributed by atoms with E-state index in [2.05, 4.69) is 19.1 Å². The molecule has 23 heavy (non-hydrogen) atoms. The van der Waals surface area contributed by atoms with Crippen molar-refractivity contribution in [3.8, 4) is 0 Å². The minimum atomic E-state index is -0.165. The molecule has 0 bridgehead atoms. The van der Waals surface area contributed by atoms with Gasteiger partial charge in [0.1, 0.15) is 6.10 Å². The van der Waals surface area contributed by atoms with Crippen molar-refractivity contribution >= 4 is 5.97 Å². The van der Waals surface area contributed by atoms with E-state index in [1.165, 1.54) is 51.9 Å². The lowest BCUT2D eigenvalue weighted by Crippen LogP contribution is -2.15. The molecule has 1 atom stereocenters. The first-order valence-corrected chi connectivity index (χ1v) is 9.63. The maximum Gasteiger partial charge on any atom is 0.302 e. The van der Waals surface area contributed by atoms with Gasteiger partial charge in [-0.3, -0.25) is 4.79 Å². The number of aliphatic hydroxyl groups is 1. The maximum atomic E-state index is 11.2. The summed E-state index contributed by atoms with van der Waals surface area (Å²) in [4.78, 5) is 11.2. The van der Waals surface area contributed by atoms with Gasteiger partial charge in [-0.05, 0) is 32.1 Å². The maximum absolute atomic E-state index is 11.2. The molecule has 0 aliphatic heterocycles. The minimum absolute atomic E-state index is 0.0547. The Morgan fingerprint density at radius 3 is 2.26 bits per heavy atom. The third-order valence-electron chi connectivity index (χ3n) is 4.06. The molecular formula is C20H38O3. The van der Waals surface area contributed by atoms with Gasteiger partial charge in [0.05, 0.1) is 0 Å². The van der Waals surface area contributed by atoms with Gasteiger partial charge in [0.2, 0.25) is 0 Å². The van der Waals surface area contributed by atoms with Gasteiger partial charge in [-0.2, -0.15) is 0 Å². The number of hydrogen-bond acceptors (Lipinski definition) is 3. The highest BCUT2D eigenvalue weighted by Gasteiger charge is 2.09. The Bertz CT molecular complexity index is 287. The standard InChI is InChI=1S/C20H38O3/c1-3-4-5-13-16-20(23-19(2)22)17-14-11-9-7-6-8-10-12-15-18-21/h11,14,20-21H,3-10,12-13,15-18H2,1-2H3/b14-11-/t20-/m1/s1. The van der Waals surface area contributed by atoms with Crippen LogP contribution in [0.25, 0.3) is 0 Å². The normalized spacial score (nSPS) is 12.7. The fraction of sp³-hybridized carbons (Fsp3) is 0.850. The Hall–Kier alpha value is -0.830. The van der Waals surface area contributed by atoms with Crippen molar-refractivity contribution < 1.29 is 14.6 Å². The Morgan fingerprint density at radius 2 is 1.61 bits per heavy atom. The van der Waals surface area contributed by atoms with Crippen LogP contribution in [-0.4, -0.2) is 23.8 Å². The van der Waals surface area contributed by atoms with Crippen LogP contribution in [0.3, 0.4) is 0 Å². The number of esters is 1. The van der Waals surface area contributed by atoms with Crippen molar-refractivity contribution in [2.75, 3.05) is 6.61 Å². The molecule has 0 saturated heterocycles. The summed E-state index contributed by atoms with van der Waals surface area (Å²) < 4.78 is 5.40. The van der Waals surface area contributed by atoms with Gasteiger partial charge >= 0.3 is 5.97 Å². The number of unbranched alkanes of at least 4 members (excludes halogenated alkanes) is 9. The monoisotopic (exact) mass is 326 g/mol. The molecule has 0 aliphatic carbocycles. The molecule has 3 nitrogen and oxygen atoms in total. The Balaban J connectivity index is 3.67. The summed E-state index contributed by atoms with van der Waals surface area (Å²) in [5.74, 6) is -0.165. The fourth-order valence-corrected chi connectivity index (χ4v) is 2.71. The number of ether oxygens (including phenoxy) is 1. The average Bonchev–Trinajstić information content (AvgIpc) is 2.52. The van der Waals surface area contributed by atoms with E-state index in [1.54, 1.807) is 0 Å². The predicted octanol–water partition coefficient (Wildman–Crippen LogP) is 5.56. The van der Waals surface area contributed by atoms with Crippen LogP contribution in [-0.2, 0) is 9.53 Å². The van der Waals surface area contributed by atoms with E-state index in [4.69, 9.17) is 9.84 Å². The summed E-state index contributed by atoms with van der Waals surface area (Å²) in [6.45, 7) is 4.03. The topological polar surface area (TPSA) is 46.5 Å². The third-order valence-corrected chi connectivity index (χ3v) is 4.06. The van der Waals surface area contributed by atoms with Crippen molar-refractivity contribution in [1.82, 2.24) is 0 Å². The number of aliphatic hydroxyl groups excluding tert-OH is 1. The number of carbonyl (C=O) groups excluding carboxylic acids is 1. The third kappa shape index (κ3) is 17.4. The number of rotatable bonds is 16. The van der Waals surface area contributed by atoms with Crippen LogP contribution >= 0.6 is 0 Å². The average molecular weight is 327 g/mol. The quantitative estimate of drug-likeness (QED) is 0.229. The lowest BCUT2D eigenvalue weighted by atomic mass is 10.1. The van der Waals surface area contributed by atoms with E-state index < -0.39 is 0 Å². The molecule has 0 aromatic heterocycles. The molecule has 0 radical (unpaired) electrons. The summed E-state index contributed by atoms with van der Waals surface area (Å²) in [5, 5.41) is 8.71. The van der Waals surface area contributed by atoms with Gasteiger partial charge in [-0.25, -0.2) is 0 Å². The van der Waals surface area contributed by atoms with Crippen LogP contribution in [0.4, 0.5) is 0 Å². The van der Waals surface area contributed by atoms with E-state index in [1.807, 2.05) is 0 Å². The second-order valence-corrected chi connectivity index (χ2v) is 6.42. The molecular weight excluding hydrogens is 288 g/mol. The SMILES string of the molecule is CCCCCC[C@H](C/C=C\CCCCCCCCO)OC(C)=O. The molecule has 0 spiro atoms. The number of allylic oxidation sites excluding steroid dienone is 1. The van der Waals surface area contributed by atoms with Gasteiger partial charge in [-0.15, -0.1) is 0 Å². The molecule has 1 N–H and O–H groups in total. The van der Waals surface area contributed by atoms with Crippen molar-refractivity contribution in [3.63, 3.8) is 0 Å². The van der Waals surface area contributed by atoms with Crippen molar-refractivity contribution in [1.29, 1.82) is 0 Å². The van der Waals surface area contributed by atoms with E-state index in [-0.39, 0.29) is 12.1 Å². The smallest absolute Gasteiger partial charge is 0.302 e. The van der Waals surface area contributed by atoms with Crippen molar-refractivity contribution in [2.24, 2.45) is 0 Å². The van der Waals surface area contributed by atoms with E-state index >= 15 is 0 Å². The molecule has 0 fully saturated rings. The second-order valence-electron chi connectivity index (χ2n) is 6.42. The first-order valence-electron chi connectivity index (χ1n) is 9.63. The van der Waals surface area contributed by atoms with Crippen LogP contribution in [0.1, 0.15) is 97.3 Å². The molecule has 0 aromatic carbocycles. The Morgan fingerprint density at radius 1 is 0.957 bits per heavy atom. The highest BCUT2D eigenvalue weighted by Crippen LogP contribution is 2.13. The predicted molar refractivity (Wildman–Crippen MR) is 97.5 cm³/mol. The van der Waals surface area contributed by atoms with Crippen LogP contribution in [0.5, 0.6) is 0 Å². The summed E-state index contributed by atoms with van der Waals surface area (Å²) in [6, 6.07) is 0. The molecule has 0 aromatic rings. The van der Waals surface area contributed by atoms with Gasteiger partial charge in [-0.1, -0.05) is 64.0 Å². The van der Waals surface area contributed by atoms with Crippen molar-refractivity contribution in [2.45, 2.75) is 103 Å². The first kappa shape index (κ1) is 22.2. The molecule has 0 saturated carbocycles. The van der Waals surface area contributed by atoms with Crippen LogP contribution in [0.2, 0.25) is 0 Å². The molecule has 0 rings (SSSR count). The lowest BCUT2D eigenvalue weighted by molar-refractivity contribution is -0.146. The van der Waals surface area contributed by atoms with E-state index in [9.17, 15) is 4.79 Å². The van der Waals surface area contributed by atoms with Crippen LogP contribution in [0.15, 0.2) is 12.2 Å². The van der Waals surface area contributed by atoms with Gasteiger partial charge in [0, 0.05) is 20.0 Å². The van der Waals surface area contributed by atoms with Crippen LogP contribution in [0, 0.1) is 0 Å². The largest absolute Gasteiger partial charge is 0.462 e. The Kier molecular flexibility index (Phi) is 16.9. The summed E-state index contributed by atoms with van der Waals surface area (Å²) in [6.07, 6.45) is 19.4. The molecule has 3 heteroatoms. The fourth-order valence-electron chi connectivity index (χ4n) is 2.71. The van der Waals surface area contributed by atoms with E-state index in [0.29, 0.717) is 6.61 Å². The van der Waals surface area contributed by atoms with Crippen LogP contribution < -0.4 is 0 Å². The molecule has 136 valence electrons. The molecule has 0 amide bonds. The van der Waals surface area contributed by atoms with Crippen molar-refractivity contribution in [3.05, 3.63) is 12.2 Å². The lowest BCUT2D eigenvalue weighted by Gasteiger charge is -2.15. The van der Waals surface area contributed by atoms with Gasteiger partial charge < -0.3 is 9.84 Å². The number of hydrogen-bond donors (Lipinski definition) is 1. The van der Waals surface area contributed by atoms with Gasteiger partial charge in [0.15, 0.2) is 0 Å². The number of carbonyl (C=O) groups is 1. The molecule has 0 heterocycles. The first-order chi connectivity index (χ1) is 11.2. The molecule has 0 unspecified atom stereocenters. The zero-order valence-corrected chi connectivity index (χ0v) is 15.4. The van der Waals surface area contributed by atoms with Gasteiger partial charge in [0.25, 0.3) is 0 Å². The Labute approximate surface area is 143 Å². The summed E-state index contributed by atoms with van der Waals surface area (Å²) in [7, 11) is 0. The second kappa shape index (κ2) is 17.5. The highest BCUT2D eigenvalue weighted by atomic mass is 16.5. The summed E-state index contributed by atoms with van der Waals surface area (Å²) >= 11 is 0. The minimum Gasteiger partial charge on any atom is -0.462 e. The zero-order valence-electron chi connectivity index (χ0n) is 15.4. The zero-order chi connectivity index (χ0) is 17.2. The van der Waals surface area contributed by atoms with E-state index in [0.717, 1.165) is 38.5 Å². The highest BCUT2D eigenvalue weighted by molar-refractivity contribution is 5.66. The molecule has 0 aliphatic rings. The summed E-state index contributed by atoms with van der Waals surface area (Å²) in [5.41, 5.74) is 0.